The summed E-state index contributed by atoms with van der Waals surface area (Å²) < 4.78 is 0. The first-order chi connectivity index (χ1) is 10.0. The van der Waals surface area contributed by atoms with Gasteiger partial charge in [0, 0.05) is 20.6 Å². The molecule has 1 aliphatic heterocycles. The van der Waals surface area contributed by atoms with Gasteiger partial charge in [0.2, 0.25) is 5.91 Å². The molecule has 0 radical (unpaired) electrons. The number of likely N-dealkylation sites (N-methyl/N-ethyl adjacent to an activating group) is 1. The molecule has 0 aliphatic carbocycles. The average Bonchev–Trinajstić information content (AvgIpc) is 2.48. The van der Waals surface area contributed by atoms with Crippen molar-refractivity contribution in [3.05, 3.63) is 35.9 Å². The Hall–Kier alpha value is -1.88. The zero-order valence-corrected chi connectivity index (χ0v) is 12.5. The lowest BCUT2D eigenvalue weighted by atomic mass is 9.94. The second kappa shape index (κ2) is 6.72. The summed E-state index contributed by atoms with van der Waals surface area (Å²) in [5.41, 5.74) is 0.919. The van der Waals surface area contributed by atoms with Crippen LogP contribution in [0.25, 0.3) is 0 Å². The molecule has 1 aliphatic rings. The summed E-state index contributed by atoms with van der Waals surface area (Å²) in [6.45, 7) is 1.18. The van der Waals surface area contributed by atoms with Crippen LogP contribution < -0.4 is 0 Å². The summed E-state index contributed by atoms with van der Waals surface area (Å²) >= 11 is 0. The van der Waals surface area contributed by atoms with Crippen LogP contribution in [0.1, 0.15) is 24.4 Å². The van der Waals surface area contributed by atoms with Gasteiger partial charge in [-0.05, 0) is 24.9 Å². The fourth-order valence-electron chi connectivity index (χ4n) is 2.83. The van der Waals surface area contributed by atoms with Gasteiger partial charge >= 0.3 is 5.97 Å². The van der Waals surface area contributed by atoms with E-state index in [4.69, 9.17) is 0 Å². The van der Waals surface area contributed by atoms with Gasteiger partial charge < -0.3 is 10.0 Å². The molecule has 1 aromatic carbocycles. The molecule has 5 nitrogen and oxygen atoms in total. The van der Waals surface area contributed by atoms with E-state index in [2.05, 4.69) is 0 Å². The third-order valence-electron chi connectivity index (χ3n) is 3.96. The van der Waals surface area contributed by atoms with Crippen molar-refractivity contribution < 1.29 is 14.7 Å². The molecule has 1 aromatic rings. The van der Waals surface area contributed by atoms with E-state index in [-0.39, 0.29) is 11.8 Å². The zero-order chi connectivity index (χ0) is 15.4. The first-order valence-electron chi connectivity index (χ1n) is 7.23. The molecule has 1 amide bonds. The van der Waals surface area contributed by atoms with Crippen LogP contribution in [-0.2, 0) is 9.59 Å². The summed E-state index contributed by atoms with van der Waals surface area (Å²) in [6.07, 6.45) is 1.49. The molecule has 2 rings (SSSR count). The van der Waals surface area contributed by atoms with Crippen molar-refractivity contribution in [3.63, 3.8) is 0 Å². The predicted octanol–water partition coefficient (Wildman–Crippen LogP) is 1.61. The number of aliphatic carboxylic acids is 1. The summed E-state index contributed by atoms with van der Waals surface area (Å²) in [5, 5.41) is 9.23. The topological polar surface area (TPSA) is 60.9 Å². The highest BCUT2D eigenvalue weighted by Crippen LogP contribution is 2.28. The van der Waals surface area contributed by atoms with Gasteiger partial charge in [0.25, 0.3) is 0 Å². The standard InChI is InChI=1S/C16H22N2O3/c1-17(2)15(19)14(12-7-4-3-5-8-12)18-10-6-9-13(11-18)16(20)21/h3-5,7-8,13-14H,6,9-11H2,1-2H3,(H,20,21). The number of carbonyl (C=O) groups is 2. The Bertz CT molecular complexity index is 502. The molecule has 0 saturated carbocycles. The normalized spacial score (nSPS) is 20.8. The van der Waals surface area contributed by atoms with Crippen LogP contribution in [0.5, 0.6) is 0 Å². The summed E-state index contributed by atoms with van der Waals surface area (Å²) in [7, 11) is 3.47. The largest absolute Gasteiger partial charge is 0.481 e. The fourth-order valence-corrected chi connectivity index (χ4v) is 2.83. The van der Waals surface area contributed by atoms with E-state index in [1.54, 1.807) is 19.0 Å². The summed E-state index contributed by atoms with van der Waals surface area (Å²) in [4.78, 5) is 27.4. The number of benzene rings is 1. The van der Waals surface area contributed by atoms with Crippen molar-refractivity contribution in [2.75, 3.05) is 27.2 Å². The Morgan fingerprint density at radius 2 is 1.95 bits per heavy atom. The molecule has 5 heteroatoms. The minimum atomic E-state index is -0.774. The Balaban J connectivity index is 2.27. The van der Waals surface area contributed by atoms with E-state index in [0.717, 1.165) is 18.5 Å². The number of likely N-dealkylation sites (tertiary alicyclic amines) is 1. The molecule has 1 saturated heterocycles. The van der Waals surface area contributed by atoms with Crippen molar-refractivity contribution in [1.29, 1.82) is 0 Å². The third-order valence-corrected chi connectivity index (χ3v) is 3.96. The van der Waals surface area contributed by atoms with Crippen molar-refractivity contribution in [2.24, 2.45) is 5.92 Å². The van der Waals surface area contributed by atoms with E-state index in [1.807, 2.05) is 35.2 Å². The zero-order valence-electron chi connectivity index (χ0n) is 12.5. The van der Waals surface area contributed by atoms with Gasteiger partial charge in [0.15, 0.2) is 0 Å². The second-order valence-corrected chi connectivity index (χ2v) is 5.72. The van der Waals surface area contributed by atoms with Crippen LogP contribution in [0, 0.1) is 5.92 Å². The van der Waals surface area contributed by atoms with Crippen LogP contribution >= 0.6 is 0 Å². The highest BCUT2D eigenvalue weighted by molar-refractivity contribution is 5.83. The second-order valence-electron chi connectivity index (χ2n) is 5.72. The first-order valence-corrected chi connectivity index (χ1v) is 7.23. The van der Waals surface area contributed by atoms with E-state index < -0.39 is 12.0 Å². The van der Waals surface area contributed by atoms with Crippen LogP contribution in [0.15, 0.2) is 30.3 Å². The predicted molar refractivity (Wildman–Crippen MR) is 79.8 cm³/mol. The van der Waals surface area contributed by atoms with E-state index in [1.165, 1.54) is 0 Å². The molecule has 1 heterocycles. The van der Waals surface area contributed by atoms with Crippen molar-refractivity contribution in [2.45, 2.75) is 18.9 Å². The first kappa shape index (κ1) is 15.5. The number of carboxylic acid groups (broad SMARTS) is 1. The van der Waals surface area contributed by atoms with Crippen molar-refractivity contribution in [1.82, 2.24) is 9.80 Å². The minimum Gasteiger partial charge on any atom is -0.481 e. The fraction of sp³-hybridized carbons (Fsp3) is 0.500. The van der Waals surface area contributed by atoms with E-state index in [0.29, 0.717) is 13.0 Å². The van der Waals surface area contributed by atoms with E-state index >= 15 is 0 Å². The smallest absolute Gasteiger partial charge is 0.307 e. The minimum absolute atomic E-state index is 0.00719. The van der Waals surface area contributed by atoms with Gasteiger partial charge in [0.1, 0.15) is 6.04 Å². The molecule has 2 atom stereocenters. The van der Waals surface area contributed by atoms with Gasteiger partial charge in [-0.1, -0.05) is 30.3 Å². The maximum absolute atomic E-state index is 12.6. The highest BCUT2D eigenvalue weighted by atomic mass is 16.4. The molecule has 1 N–H and O–H groups in total. The number of rotatable bonds is 4. The molecule has 0 bridgehead atoms. The molecule has 0 spiro atoms. The number of amides is 1. The Morgan fingerprint density at radius 1 is 1.29 bits per heavy atom. The van der Waals surface area contributed by atoms with Gasteiger partial charge in [-0.15, -0.1) is 0 Å². The molecule has 21 heavy (non-hydrogen) atoms. The molecular formula is C16H22N2O3. The number of carbonyl (C=O) groups excluding carboxylic acids is 1. The molecular weight excluding hydrogens is 268 g/mol. The van der Waals surface area contributed by atoms with Crippen LogP contribution in [0.3, 0.4) is 0 Å². The average molecular weight is 290 g/mol. The Kier molecular flexibility index (Phi) is 4.96. The Morgan fingerprint density at radius 3 is 2.52 bits per heavy atom. The summed E-state index contributed by atoms with van der Waals surface area (Å²) in [6, 6.07) is 9.18. The van der Waals surface area contributed by atoms with Gasteiger partial charge in [-0.2, -0.15) is 0 Å². The Labute approximate surface area is 125 Å². The van der Waals surface area contributed by atoms with Gasteiger partial charge in [-0.3, -0.25) is 14.5 Å². The van der Waals surface area contributed by atoms with Crippen molar-refractivity contribution >= 4 is 11.9 Å². The van der Waals surface area contributed by atoms with E-state index in [9.17, 15) is 14.7 Å². The molecule has 0 aromatic heterocycles. The van der Waals surface area contributed by atoms with Gasteiger partial charge in [-0.25, -0.2) is 0 Å². The summed E-state index contributed by atoms with van der Waals surface area (Å²) in [5.74, 6) is -1.17. The van der Waals surface area contributed by atoms with Crippen LogP contribution in [-0.4, -0.2) is 54.0 Å². The monoisotopic (exact) mass is 290 g/mol. The highest BCUT2D eigenvalue weighted by Gasteiger charge is 2.34. The molecule has 1 fully saturated rings. The molecule has 114 valence electrons. The number of piperidine rings is 1. The van der Waals surface area contributed by atoms with Gasteiger partial charge in [0.05, 0.1) is 5.92 Å². The maximum atomic E-state index is 12.6. The number of nitrogens with zero attached hydrogens (tertiary/aromatic N) is 2. The van der Waals surface area contributed by atoms with Crippen LogP contribution in [0.2, 0.25) is 0 Å². The maximum Gasteiger partial charge on any atom is 0.307 e. The number of hydrogen-bond donors (Lipinski definition) is 1. The quantitative estimate of drug-likeness (QED) is 0.915. The van der Waals surface area contributed by atoms with Crippen LogP contribution in [0.4, 0.5) is 0 Å². The SMILES string of the molecule is CN(C)C(=O)C(c1ccccc1)N1CCCC(C(=O)O)C1. The number of hydrogen-bond acceptors (Lipinski definition) is 3. The van der Waals surface area contributed by atoms with Crippen molar-refractivity contribution in [3.8, 4) is 0 Å². The number of carboxylic acids is 1. The lowest BCUT2D eigenvalue weighted by Crippen LogP contribution is -2.46. The lowest BCUT2D eigenvalue weighted by molar-refractivity contribution is -0.146. The third kappa shape index (κ3) is 3.61. The lowest BCUT2D eigenvalue weighted by Gasteiger charge is -2.37. The molecule has 2 unspecified atom stereocenters.